The molecule has 0 saturated heterocycles. The molecule has 4 nitrogen and oxygen atoms in total. The van der Waals surface area contributed by atoms with E-state index in [2.05, 4.69) is 11.4 Å². The van der Waals surface area contributed by atoms with Gasteiger partial charge in [-0.3, -0.25) is 0 Å². The Morgan fingerprint density at radius 2 is 2.22 bits per heavy atom. The number of aliphatic hydroxyl groups is 1. The second kappa shape index (κ2) is 4.51. The average molecular weight is 246 g/mol. The topological polar surface area (TPSA) is 65.3 Å². The predicted molar refractivity (Wildman–Crippen MR) is 69.5 cm³/mol. The number of anilines is 1. The van der Waals surface area contributed by atoms with Gasteiger partial charge in [0.15, 0.2) is 0 Å². The number of hydrogen-bond donors (Lipinski definition) is 2. The van der Waals surface area contributed by atoms with Crippen LogP contribution in [0.15, 0.2) is 18.2 Å². The number of nitrogens with one attached hydrogen (secondary N) is 1. The van der Waals surface area contributed by atoms with Gasteiger partial charge in [-0.05, 0) is 18.6 Å². The Bertz CT molecular complexity index is 491. The fraction of sp³-hybridized carbons (Fsp3) is 0.500. The number of nitrogens with zero attached hydrogens (tertiary/aromatic N) is 1. The SMILES string of the molecule is COc1cccc(C#N)c1NC1CC(O)C1(C)C. The Morgan fingerprint density at radius 3 is 2.72 bits per heavy atom. The quantitative estimate of drug-likeness (QED) is 0.857. The van der Waals surface area contributed by atoms with Crippen LogP contribution in [0, 0.1) is 16.7 Å². The van der Waals surface area contributed by atoms with Crippen LogP contribution in [0.3, 0.4) is 0 Å². The fourth-order valence-electron chi connectivity index (χ4n) is 2.26. The lowest BCUT2D eigenvalue weighted by Gasteiger charge is -2.50. The highest BCUT2D eigenvalue weighted by Crippen LogP contribution is 2.43. The van der Waals surface area contributed by atoms with E-state index < -0.39 is 0 Å². The standard InChI is InChI=1S/C14H18N2O2/c1-14(2)11(7-12(14)17)16-13-9(8-15)5-4-6-10(13)18-3/h4-6,11-12,16-17H,7H2,1-3H3. The summed E-state index contributed by atoms with van der Waals surface area (Å²) in [6, 6.07) is 7.68. The summed E-state index contributed by atoms with van der Waals surface area (Å²) in [7, 11) is 1.59. The maximum absolute atomic E-state index is 9.74. The Hall–Kier alpha value is -1.73. The monoisotopic (exact) mass is 246 g/mol. The van der Waals surface area contributed by atoms with Gasteiger partial charge in [-0.25, -0.2) is 0 Å². The molecule has 1 aromatic rings. The second-order valence-electron chi connectivity index (χ2n) is 5.26. The molecule has 96 valence electrons. The van der Waals surface area contributed by atoms with Gasteiger partial charge < -0.3 is 15.2 Å². The molecular formula is C14H18N2O2. The molecular weight excluding hydrogens is 228 g/mol. The molecule has 0 spiro atoms. The van der Waals surface area contributed by atoms with Crippen LogP contribution in [0.4, 0.5) is 5.69 Å². The highest BCUT2D eigenvalue weighted by molar-refractivity contribution is 5.67. The van der Waals surface area contributed by atoms with Gasteiger partial charge in [0, 0.05) is 11.5 Å². The van der Waals surface area contributed by atoms with Crippen molar-refractivity contribution in [2.45, 2.75) is 32.4 Å². The van der Waals surface area contributed by atoms with E-state index in [-0.39, 0.29) is 17.6 Å². The van der Waals surface area contributed by atoms with E-state index in [0.29, 0.717) is 23.4 Å². The van der Waals surface area contributed by atoms with Gasteiger partial charge in [0.05, 0.1) is 24.5 Å². The van der Waals surface area contributed by atoms with Crippen LogP contribution in [-0.4, -0.2) is 24.4 Å². The Balaban J connectivity index is 2.27. The zero-order chi connectivity index (χ0) is 13.3. The van der Waals surface area contributed by atoms with Crippen molar-refractivity contribution < 1.29 is 9.84 Å². The minimum Gasteiger partial charge on any atom is -0.495 e. The van der Waals surface area contributed by atoms with E-state index in [1.54, 1.807) is 19.2 Å². The summed E-state index contributed by atoms with van der Waals surface area (Å²) in [6.07, 6.45) is 0.394. The molecule has 2 rings (SSSR count). The first-order chi connectivity index (χ1) is 8.50. The number of ether oxygens (including phenoxy) is 1. The van der Waals surface area contributed by atoms with Crippen LogP contribution in [-0.2, 0) is 0 Å². The Labute approximate surface area is 107 Å². The van der Waals surface area contributed by atoms with Gasteiger partial charge in [-0.1, -0.05) is 19.9 Å². The first-order valence-electron chi connectivity index (χ1n) is 6.02. The van der Waals surface area contributed by atoms with Crippen LogP contribution in [0.25, 0.3) is 0 Å². The third kappa shape index (κ3) is 1.91. The van der Waals surface area contributed by atoms with Crippen molar-refractivity contribution in [2.24, 2.45) is 5.41 Å². The zero-order valence-corrected chi connectivity index (χ0v) is 10.9. The molecule has 2 N–H and O–H groups in total. The van der Waals surface area contributed by atoms with Gasteiger partial charge in [0.25, 0.3) is 0 Å². The molecule has 1 aliphatic carbocycles. The summed E-state index contributed by atoms with van der Waals surface area (Å²) >= 11 is 0. The van der Waals surface area contributed by atoms with Crippen molar-refractivity contribution >= 4 is 5.69 Å². The summed E-state index contributed by atoms with van der Waals surface area (Å²) in [4.78, 5) is 0. The molecule has 0 amide bonds. The van der Waals surface area contributed by atoms with Crippen molar-refractivity contribution in [1.82, 2.24) is 0 Å². The molecule has 18 heavy (non-hydrogen) atoms. The average Bonchev–Trinajstić information content (AvgIpc) is 2.38. The zero-order valence-electron chi connectivity index (χ0n) is 10.9. The maximum Gasteiger partial charge on any atom is 0.143 e. The molecule has 1 fully saturated rings. The first kappa shape index (κ1) is 12.7. The molecule has 1 saturated carbocycles. The van der Waals surface area contributed by atoms with Crippen LogP contribution in [0.5, 0.6) is 5.75 Å². The molecule has 0 heterocycles. The number of hydrogen-bond acceptors (Lipinski definition) is 4. The lowest BCUT2D eigenvalue weighted by Crippen LogP contribution is -2.57. The molecule has 1 aromatic carbocycles. The smallest absolute Gasteiger partial charge is 0.143 e. The molecule has 0 aliphatic heterocycles. The van der Waals surface area contributed by atoms with E-state index in [0.717, 1.165) is 0 Å². The predicted octanol–water partition coefficient (Wildman–Crippen LogP) is 2.14. The van der Waals surface area contributed by atoms with Gasteiger partial charge >= 0.3 is 0 Å². The molecule has 4 heteroatoms. The third-order valence-electron chi connectivity index (χ3n) is 3.90. The molecule has 0 bridgehead atoms. The van der Waals surface area contributed by atoms with E-state index in [4.69, 9.17) is 10.00 Å². The minimum atomic E-state index is -0.296. The highest BCUT2D eigenvalue weighted by atomic mass is 16.5. The van der Waals surface area contributed by atoms with Gasteiger partial charge in [-0.2, -0.15) is 5.26 Å². The third-order valence-corrected chi connectivity index (χ3v) is 3.90. The number of nitriles is 1. The summed E-state index contributed by atoms with van der Waals surface area (Å²) < 4.78 is 5.28. The van der Waals surface area contributed by atoms with Gasteiger partial charge in [-0.15, -0.1) is 0 Å². The Kier molecular flexibility index (Phi) is 3.18. The number of aliphatic hydroxyl groups excluding tert-OH is 1. The minimum absolute atomic E-state index is 0.149. The second-order valence-corrected chi connectivity index (χ2v) is 5.26. The number of benzene rings is 1. The van der Waals surface area contributed by atoms with E-state index in [9.17, 15) is 5.11 Å². The number of para-hydroxylation sites is 1. The number of rotatable bonds is 3. The normalized spacial score (nSPS) is 24.8. The summed E-state index contributed by atoms with van der Waals surface area (Å²) in [5.41, 5.74) is 1.09. The van der Waals surface area contributed by atoms with E-state index in [1.165, 1.54) is 0 Å². The van der Waals surface area contributed by atoms with E-state index >= 15 is 0 Å². The lowest BCUT2D eigenvalue weighted by molar-refractivity contribution is -0.0511. The number of methoxy groups -OCH3 is 1. The van der Waals surface area contributed by atoms with Crippen LogP contribution in [0.1, 0.15) is 25.8 Å². The van der Waals surface area contributed by atoms with Crippen molar-refractivity contribution in [2.75, 3.05) is 12.4 Å². The van der Waals surface area contributed by atoms with E-state index in [1.807, 2.05) is 19.9 Å². The molecule has 1 aliphatic rings. The Morgan fingerprint density at radius 1 is 1.50 bits per heavy atom. The van der Waals surface area contributed by atoms with Gasteiger partial charge in [0.2, 0.25) is 0 Å². The first-order valence-corrected chi connectivity index (χ1v) is 6.02. The maximum atomic E-state index is 9.74. The summed E-state index contributed by atoms with van der Waals surface area (Å²) in [5.74, 6) is 0.659. The largest absolute Gasteiger partial charge is 0.495 e. The van der Waals surface area contributed by atoms with Crippen molar-refractivity contribution in [3.8, 4) is 11.8 Å². The lowest BCUT2D eigenvalue weighted by atomic mass is 9.64. The summed E-state index contributed by atoms with van der Waals surface area (Å²) in [6.45, 7) is 4.03. The van der Waals surface area contributed by atoms with Crippen molar-refractivity contribution in [1.29, 1.82) is 5.26 Å². The molecule has 2 unspecified atom stereocenters. The summed E-state index contributed by atoms with van der Waals surface area (Å²) in [5, 5.41) is 22.2. The van der Waals surface area contributed by atoms with Crippen molar-refractivity contribution in [3.05, 3.63) is 23.8 Å². The van der Waals surface area contributed by atoms with Crippen molar-refractivity contribution in [3.63, 3.8) is 0 Å². The molecule has 2 atom stereocenters. The molecule has 0 radical (unpaired) electrons. The van der Waals surface area contributed by atoms with Gasteiger partial charge in [0.1, 0.15) is 11.8 Å². The van der Waals surface area contributed by atoms with Crippen LogP contribution in [0.2, 0.25) is 0 Å². The highest BCUT2D eigenvalue weighted by Gasteiger charge is 2.47. The van der Waals surface area contributed by atoms with Crippen LogP contribution < -0.4 is 10.1 Å². The van der Waals surface area contributed by atoms with Crippen LogP contribution >= 0.6 is 0 Å². The fourth-order valence-corrected chi connectivity index (χ4v) is 2.26. The molecule has 0 aromatic heterocycles.